The highest BCUT2D eigenvalue weighted by Gasteiger charge is 2.36. The number of nitrogens with zero attached hydrogens (tertiary/aromatic N) is 1. The Labute approximate surface area is 262 Å². The van der Waals surface area contributed by atoms with Gasteiger partial charge in [-0.1, -0.05) is 48.5 Å². The molecule has 4 aromatic rings. The van der Waals surface area contributed by atoms with E-state index in [1.807, 2.05) is 36.4 Å². The molecule has 0 heterocycles. The van der Waals surface area contributed by atoms with Crippen molar-refractivity contribution in [2.45, 2.75) is 51.8 Å². The van der Waals surface area contributed by atoms with Crippen LogP contribution in [0.5, 0.6) is 11.5 Å². The van der Waals surface area contributed by atoms with Crippen LogP contribution in [0.25, 0.3) is 10.8 Å². The molecule has 0 fully saturated rings. The summed E-state index contributed by atoms with van der Waals surface area (Å²) in [4.78, 5) is 42.6. The normalized spacial score (nSPS) is 12.6. The Morgan fingerprint density at radius 1 is 0.889 bits per heavy atom. The minimum absolute atomic E-state index is 0.00784. The molecule has 0 saturated heterocycles. The largest absolute Gasteiger partial charge is 0.508 e. The first-order valence-corrected chi connectivity index (χ1v) is 14.6. The molecule has 0 saturated carbocycles. The van der Waals surface area contributed by atoms with Crippen LogP contribution in [0.15, 0.2) is 84.9 Å². The van der Waals surface area contributed by atoms with E-state index in [9.17, 15) is 29.7 Å². The topological polar surface area (TPSA) is 148 Å². The fourth-order valence-corrected chi connectivity index (χ4v) is 4.99. The van der Waals surface area contributed by atoms with Gasteiger partial charge >= 0.3 is 6.09 Å². The van der Waals surface area contributed by atoms with Crippen LogP contribution in [0.3, 0.4) is 0 Å². The molecule has 2 atom stereocenters. The molecule has 2 unspecified atom stereocenters. The standard InChI is InChI=1S/C35H39N3O7/c1-22-19-26(12-16-30(22)41)31(32(42)36-27-13-11-24-7-5-6-8-25(24)21-27)38(17-18-39)33(43)29(37-34(44)45-35(2,3)4)20-23-9-14-28(40)15-10-23/h5-16,19,21,29,31,39-41H,17-18,20H2,1-4H3,(H,36,42)(H,37,44). The number of aliphatic hydroxyl groups excluding tert-OH is 1. The molecule has 0 aliphatic rings. The van der Waals surface area contributed by atoms with Crippen molar-refractivity contribution in [3.63, 3.8) is 0 Å². The van der Waals surface area contributed by atoms with Gasteiger partial charge < -0.3 is 35.6 Å². The molecule has 10 nitrogen and oxygen atoms in total. The van der Waals surface area contributed by atoms with Gasteiger partial charge in [-0.05, 0) is 91.6 Å². The molecule has 3 amide bonds. The van der Waals surface area contributed by atoms with E-state index in [2.05, 4.69) is 10.6 Å². The Hall–Kier alpha value is -5.09. The molecule has 10 heteroatoms. The number of alkyl carbamates (subject to hydrolysis) is 1. The Morgan fingerprint density at radius 2 is 1.58 bits per heavy atom. The Morgan fingerprint density at radius 3 is 2.22 bits per heavy atom. The Bertz CT molecular complexity index is 1660. The first-order valence-electron chi connectivity index (χ1n) is 14.6. The van der Waals surface area contributed by atoms with Crippen LogP contribution >= 0.6 is 0 Å². The van der Waals surface area contributed by atoms with E-state index in [1.54, 1.807) is 58.0 Å². The average Bonchev–Trinajstić information content (AvgIpc) is 2.98. The molecule has 0 radical (unpaired) electrons. The second-order valence-corrected chi connectivity index (χ2v) is 11.8. The highest BCUT2D eigenvalue weighted by molar-refractivity contribution is 6.00. The number of rotatable bonds is 10. The number of phenolic OH excluding ortho intramolecular Hbond substituents is 2. The third-order valence-corrected chi connectivity index (χ3v) is 7.10. The summed E-state index contributed by atoms with van der Waals surface area (Å²) in [6, 6.07) is 21.5. The van der Waals surface area contributed by atoms with Gasteiger partial charge in [0.15, 0.2) is 0 Å². The highest BCUT2D eigenvalue weighted by atomic mass is 16.6. The smallest absolute Gasteiger partial charge is 0.408 e. The average molecular weight is 614 g/mol. The molecule has 236 valence electrons. The number of aryl methyl sites for hydroxylation is 1. The summed E-state index contributed by atoms with van der Waals surface area (Å²) in [6.45, 7) is 6.05. The molecule has 4 aromatic carbocycles. The maximum absolute atomic E-state index is 14.4. The first-order chi connectivity index (χ1) is 21.3. The molecule has 0 bridgehead atoms. The van der Waals surface area contributed by atoms with E-state index >= 15 is 0 Å². The van der Waals surface area contributed by atoms with Crippen molar-refractivity contribution in [3.05, 3.63) is 102 Å². The van der Waals surface area contributed by atoms with Gasteiger partial charge in [0, 0.05) is 18.7 Å². The van der Waals surface area contributed by atoms with Crippen LogP contribution in [0.4, 0.5) is 10.5 Å². The maximum atomic E-state index is 14.4. The van der Waals surface area contributed by atoms with Gasteiger partial charge in [0.25, 0.3) is 5.91 Å². The van der Waals surface area contributed by atoms with E-state index in [0.29, 0.717) is 22.4 Å². The zero-order valence-electron chi connectivity index (χ0n) is 25.8. The van der Waals surface area contributed by atoms with E-state index in [4.69, 9.17) is 4.74 Å². The summed E-state index contributed by atoms with van der Waals surface area (Å²) in [5.41, 5.74) is 1.17. The maximum Gasteiger partial charge on any atom is 0.408 e. The van der Waals surface area contributed by atoms with Gasteiger partial charge in [-0.2, -0.15) is 0 Å². The van der Waals surface area contributed by atoms with Crippen LogP contribution in [-0.4, -0.2) is 62.9 Å². The summed E-state index contributed by atoms with van der Waals surface area (Å²) < 4.78 is 5.43. The van der Waals surface area contributed by atoms with Gasteiger partial charge in [0.05, 0.1) is 6.61 Å². The fraction of sp³-hybridized carbons (Fsp3) is 0.286. The summed E-state index contributed by atoms with van der Waals surface area (Å²) >= 11 is 0. The number of hydrogen-bond acceptors (Lipinski definition) is 7. The minimum atomic E-state index is -1.25. The third-order valence-electron chi connectivity index (χ3n) is 7.10. The van der Waals surface area contributed by atoms with Crippen molar-refractivity contribution in [3.8, 4) is 11.5 Å². The lowest BCUT2D eigenvalue weighted by Crippen LogP contribution is -2.53. The van der Waals surface area contributed by atoms with E-state index < -0.39 is 42.2 Å². The molecule has 5 N–H and O–H groups in total. The number of fused-ring (bicyclic) bond motifs is 1. The summed E-state index contributed by atoms with van der Waals surface area (Å²) in [7, 11) is 0. The SMILES string of the molecule is Cc1cc(C(C(=O)Nc2ccc3ccccc3c2)N(CCO)C(=O)C(Cc2ccc(O)cc2)NC(=O)OC(C)(C)C)ccc1O. The predicted molar refractivity (Wildman–Crippen MR) is 172 cm³/mol. The molecule has 45 heavy (non-hydrogen) atoms. The van der Waals surface area contributed by atoms with Gasteiger partial charge in [-0.15, -0.1) is 0 Å². The van der Waals surface area contributed by atoms with E-state index in [0.717, 1.165) is 10.8 Å². The second kappa shape index (κ2) is 14.1. The predicted octanol–water partition coefficient (Wildman–Crippen LogP) is 5.20. The van der Waals surface area contributed by atoms with Crippen molar-refractivity contribution >= 4 is 34.4 Å². The monoisotopic (exact) mass is 613 g/mol. The number of phenols is 2. The third kappa shape index (κ3) is 8.73. The number of aliphatic hydroxyl groups is 1. The molecule has 0 spiro atoms. The quantitative estimate of drug-likeness (QED) is 0.165. The molecule has 0 aliphatic heterocycles. The van der Waals surface area contributed by atoms with Crippen molar-refractivity contribution in [2.24, 2.45) is 0 Å². The molecule has 4 rings (SSSR count). The zero-order chi connectivity index (χ0) is 32.7. The fourth-order valence-electron chi connectivity index (χ4n) is 4.99. The lowest BCUT2D eigenvalue weighted by Gasteiger charge is -2.34. The van der Waals surface area contributed by atoms with Crippen molar-refractivity contribution in [1.82, 2.24) is 10.2 Å². The van der Waals surface area contributed by atoms with Crippen LogP contribution in [0.1, 0.15) is 43.5 Å². The van der Waals surface area contributed by atoms with E-state index in [-0.39, 0.29) is 24.5 Å². The minimum Gasteiger partial charge on any atom is -0.508 e. The summed E-state index contributed by atoms with van der Waals surface area (Å²) in [5.74, 6) is -1.15. The van der Waals surface area contributed by atoms with Crippen molar-refractivity contribution in [1.29, 1.82) is 0 Å². The number of carbonyl (C=O) groups excluding carboxylic acids is 3. The second-order valence-electron chi connectivity index (χ2n) is 11.8. The van der Waals surface area contributed by atoms with Gasteiger partial charge in [0.2, 0.25) is 5.91 Å². The van der Waals surface area contributed by atoms with Gasteiger partial charge in [-0.25, -0.2) is 4.79 Å². The van der Waals surface area contributed by atoms with Gasteiger partial charge in [0.1, 0.15) is 29.2 Å². The van der Waals surface area contributed by atoms with Crippen LogP contribution in [-0.2, 0) is 20.7 Å². The lowest BCUT2D eigenvalue weighted by molar-refractivity contribution is -0.141. The van der Waals surface area contributed by atoms with Crippen LogP contribution in [0.2, 0.25) is 0 Å². The van der Waals surface area contributed by atoms with Crippen molar-refractivity contribution in [2.75, 3.05) is 18.5 Å². The number of hydrogen-bond donors (Lipinski definition) is 5. The van der Waals surface area contributed by atoms with E-state index in [1.165, 1.54) is 23.1 Å². The molecular weight excluding hydrogens is 574 g/mol. The zero-order valence-corrected chi connectivity index (χ0v) is 25.8. The Kier molecular flexibility index (Phi) is 10.3. The number of anilines is 1. The number of aromatic hydroxyl groups is 2. The van der Waals surface area contributed by atoms with Crippen LogP contribution < -0.4 is 10.6 Å². The number of carbonyl (C=O) groups is 3. The first kappa shape index (κ1) is 32.8. The van der Waals surface area contributed by atoms with Gasteiger partial charge in [-0.3, -0.25) is 9.59 Å². The number of nitrogens with one attached hydrogen (secondary N) is 2. The molecule has 0 aromatic heterocycles. The Balaban J connectivity index is 1.74. The molecular formula is C35H39N3O7. The highest BCUT2D eigenvalue weighted by Crippen LogP contribution is 2.29. The number of benzene rings is 4. The molecule has 0 aliphatic carbocycles. The number of ether oxygens (including phenoxy) is 1. The van der Waals surface area contributed by atoms with Crippen LogP contribution in [0, 0.1) is 6.92 Å². The summed E-state index contributed by atoms with van der Waals surface area (Å²) in [6.07, 6.45) is -0.824. The lowest BCUT2D eigenvalue weighted by atomic mass is 9.98. The summed E-state index contributed by atoms with van der Waals surface area (Å²) in [5, 5.41) is 37.5. The van der Waals surface area contributed by atoms with Crippen molar-refractivity contribution < 1.29 is 34.4 Å². The number of amides is 3.